The Morgan fingerprint density at radius 2 is 2.22 bits per heavy atom. The Bertz CT molecular complexity index is 645. The van der Waals surface area contributed by atoms with Crippen LogP contribution in [0.3, 0.4) is 0 Å². The van der Waals surface area contributed by atoms with Crippen molar-refractivity contribution in [3.63, 3.8) is 0 Å². The van der Waals surface area contributed by atoms with E-state index in [0.29, 0.717) is 31.8 Å². The molecule has 23 heavy (non-hydrogen) atoms. The van der Waals surface area contributed by atoms with Gasteiger partial charge >= 0.3 is 0 Å². The third-order valence-electron chi connectivity index (χ3n) is 3.94. The molecule has 2 heterocycles. The minimum atomic E-state index is -0.584. The van der Waals surface area contributed by atoms with Gasteiger partial charge < -0.3 is 10.5 Å². The highest BCUT2D eigenvalue weighted by Crippen LogP contribution is 2.23. The highest BCUT2D eigenvalue weighted by atomic mass is 19.1. The summed E-state index contributed by atoms with van der Waals surface area (Å²) in [6.45, 7) is 2.28. The zero-order valence-corrected chi connectivity index (χ0v) is 12.6. The van der Waals surface area contributed by atoms with Crippen molar-refractivity contribution in [3.8, 4) is 0 Å². The number of ether oxygens (including phenoxy) is 1. The number of nitrogens with zero attached hydrogens (tertiary/aromatic N) is 3. The van der Waals surface area contributed by atoms with E-state index in [1.165, 1.54) is 12.1 Å². The van der Waals surface area contributed by atoms with Gasteiger partial charge in [-0.2, -0.15) is 5.10 Å². The maximum absolute atomic E-state index is 13.1. The van der Waals surface area contributed by atoms with Crippen molar-refractivity contribution >= 4 is 5.91 Å². The highest BCUT2D eigenvalue weighted by Gasteiger charge is 2.31. The summed E-state index contributed by atoms with van der Waals surface area (Å²) in [5, 5.41) is 4.17. The number of halogens is 1. The number of primary amides is 1. The Labute approximate surface area is 133 Å². The number of hydrogen-bond acceptors (Lipinski definition) is 4. The molecule has 1 aliphatic heterocycles. The smallest absolute Gasteiger partial charge is 0.239 e. The molecule has 0 radical (unpaired) electrons. The summed E-state index contributed by atoms with van der Waals surface area (Å²) in [6, 6.07) is 7.15. The van der Waals surface area contributed by atoms with Crippen molar-refractivity contribution in [3.05, 3.63) is 54.1 Å². The molecule has 2 atom stereocenters. The van der Waals surface area contributed by atoms with E-state index in [1.54, 1.807) is 23.0 Å². The number of hydrogen-bond donors (Lipinski definition) is 1. The van der Waals surface area contributed by atoms with E-state index in [1.807, 2.05) is 17.2 Å². The van der Waals surface area contributed by atoms with E-state index in [2.05, 4.69) is 5.10 Å². The van der Waals surface area contributed by atoms with Crippen LogP contribution in [0.1, 0.15) is 11.6 Å². The fourth-order valence-corrected chi connectivity index (χ4v) is 2.90. The summed E-state index contributed by atoms with van der Waals surface area (Å²) in [5.41, 5.74) is 6.28. The minimum Gasteiger partial charge on any atom is -0.374 e. The molecule has 2 aromatic rings. The molecule has 1 aromatic carbocycles. The number of carbonyl (C=O) groups is 1. The van der Waals surface area contributed by atoms with Gasteiger partial charge in [-0.25, -0.2) is 4.39 Å². The second-order valence-electron chi connectivity index (χ2n) is 5.57. The van der Waals surface area contributed by atoms with E-state index in [0.717, 1.165) is 0 Å². The lowest BCUT2D eigenvalue weighted by Gasteiger charge is -2.37. The Hall–Kier alpha value is -2.25. The first kappa shape index (κ1) is 15.6. The highest BCUT2D eigenvalue weighted by molar-refractivity contribution is 5.81. The topological polar surface area (TPSA) is 73.4 Å². The van der Waals surface area contributed by atoms with Gasteiger partial charge in [0.2, 0.25) is 5.91 Å². The Balaban J connectivity index is 1.74. The second-order valence-corrected chi connectivity index (χ2v) is 5.57. The molecule has 2 N–H and O–H groups in total. The van der Waals surface area contributed by atoms with E-state index >= 15 is 0 Å². The molecule has 1 saturated heterocycles. The van der Waals surface area contributed by atoms with Crippen molar-refractivity contribution in [2.24, 2.45) is 5.73 Å². The number of carbonyl (C=O) groups excluding carboxylic acids is 1. The lowest BCUT2D eigenvalue weighted by atomic mass is 10.0. The number of nitrogens with two attached hydrogens (primary N) is 1. The third-order valence-corrected chi connectivity index (χ3v) is 3.94. The van der Waals surface area contributed by atoms with Gasteiger partial charge in [0.05, 0.1) is 19.3 Å². The first-order valence-electron chi connectivity index (χ1n) is 7.51. The van der Waals surface area contributed by atoms with Crippen LogP contribution < -0.4 is 5.73 Å². The molecular weight excluding hydrogens is 299 g/mol. The van der Waals surface area contributed by atoms with E-state index in [-0.39, 0.29) is 11.9 Å². The Morgan fingerprint density at radius 3 is 2.87 bits per heavy atom. The molecule has 1 aliphatic rings. The molecule has 0 saturated carbocycles. The number of benzene rings is 1. The molecule has 0 unspecified atom stereocenters. The van der Waals surface area contributed by atoms with Crippen LogP contribution in [0.25, 0.3) is 0 Å². The van der Waals surface area contributed by atoms with Gasteiger partial charge in [0.25, 0.3) is 0 Å². The van der Waals surface area contributed by atoms with E-state index < -0.39 is 11.9 Å². The van der Waals surface area contributed by atoms with E-state index in [4.69, 9.17) is 10.5 Å². The summed E-state index contributed by atoms with van der Waals surface area (Å²) in [5.74, 6) is -0.785. The first-order valence-corrected chi connectivity index (χ1v) is 7.51. The summed E-state index contributed by atoms with van der Waals surface area (Å²) in [7, 11) is 0. The molecule has 3 rings (SSSR count). The molecule has 1 aromatic heterocycles. The van der Waals surface area contributed by atoms with Crippen LogP contribution in [0.5, 0.6) is 0 Å². The zero-order chi connectivity index (χ0) is 16.2. The quantitative estimate of drug-likeness (QED) is 0.891. The molecule has 1 amide bonds. The lowest BCUT2D eigenvalue weighted by molar-refractivity contribution is -0.127. The predicted octanol–water partition coefficient (Wildman–Crippen LogP) is 0.950. The predicted molar refractivity (Wildman–Crippen MR) is 81.9 cm³/mol. The summed E-state index contributed by atoms with van der Waals surface area (Å²) in [4.78, 5) is 13.9. The molecule has 0 bridgehead atoms. The van der Waals surface area contributed by atoms with E-state index in [9.17, 15) is 9.18 Å². The van der Waals surface area contributed by atoms with Gasteiger partial charge in [-0.15, -0.1) is 0 Å². The Morgan fingerprint density at radius 1 is 1.43 bits per heavy atom. The summed E-state index contributed by atoms with van der Waals surface area (Å²) >= 11 is 0. The summed E-state index contributed by atoms with van der Waals surface area (Å²) in [6.07, 6.45) is 3.50. The van der Waals surface area contributed by atoms with Crippen LogP contribution in [0.15, 0.2) is 42.7 Å². The van der Waals surface area contributed by atoms with Crippen LogP contribution >= 0.6 is 0 Å². The molecule has 0 aliphatic carbocycles. The number of aromatic nitrogens is 2. The van der Waals surface area contributed by atoms with Crippen molar-refractivity contribution in [2.75, 3.05) is 19.7 Å². The average molecular weight is 318 g/mol. The van der Waals surface area contributed by atoms with Crippen LogP contribution in [-0.2, 0) is 16.1 Å². The molecule has 0 spiro atoms. The van der Waals surface area contributed by atoms with Crippen molar-refractivity contribution in [1.82, 2.24) is 14.7 Å². The average Bonchev–Trinajstić information content (AvgIpc) is 3.02. The standard InChI is InChI=1S/C16H19FN4O2/c17-13-4-2-12(3-5-13)15(16(18)22)20-8-9-23-14(10-20)11-21-7-1-6-19-21/h1-7,14-15H,8-11H2,(H2,18,22)/t14-,15+/m0/s1. The van der Waals surface area contributed by atoms with Gasteiger partial charge in [0.15, 0.2) is 0 Å². The SMILES string of the molecule is NC(=O)[C@@H](c1ccc(F)cc1)N1CCO[C@H](Cn2cccn2)C1. The van der Waals surface area contributed by atoms with Crippen LogP contribution in [0, 0.1) is 5.82 Å². The van der Waals surface area contributed by atoms with Gasteiger partial charge in [-0.05, 0) is 23.8 Å². The van der Waals surface area contributed by atoms with Crippen molar-refractivity contribution in [2.45, 2.75) is 18.7 Å². The maximum atomic E-state index is 13.1. The summed E-state index contributed by atoms with van der Waals surface area (Å²) < 4.78 is 20.7. The lowest BCUT2D eigenvalue weighted by Crippen LogP contribution is -2.49. The molecule has 122 valence electrons. The Kier molecular flexibility index (Phi) is 4.68. The van der Waals surface area contributed by atoms with Gasteiger partial charge in [-0.3, -0.25) is 14.4 Å². The van der Waals surface area contributed by atoms with Crippen molar-refractivity contribution < 1.29 is 13.9 Å². The maximum Gasteiger partial charge on any atom is 0.239 e. The van der Waals surface area contributed by atoms with Crippen LogP contribution in [0.4, 0.5) is 4.39 Å². The molecule has 1 fully saturated rings. The van der Waals surface area contributed by atoms with Crippen LogP contribution in [-0.4, -0.2) is 46.4 Å². The minimum absolute atomic E-state index is 0.0778. The zero-order valence-electron chi connectivity index (χ0n) is 12.6. The number of morpholine rings is 1. The van der Waals surface area contributed by atoms with Gasteiger partial charge in [0, 0.05) is 25.5 Å². The fraction of sp³-hybridized carbons (Fsp3) is 0.375. The first-order chi connectivity index (χ1) is 11.1. The molecular formula is C16H19FN4O2. The second kappa shape index (κ2) is 6.89. The number of rotatable bonds is 5. The largest absolute Gasteiger partial charge is 0.374 e. The van der Waals surface area contributed by atoms with Gasteiger partial charge in [0.1, 0.15) is 11.9 Å². The monoisotopic (exact) mass is 318 g/mol. The van der Waals surface area contributed by atoms with Gasteiger partial charge in [-0.1, -0.05) is 12.1 Å². The molecule has 7 heteroatoms. The molecule has 6 nitrogen and oxygen atoms in total. The fourth-order valence-electron chi connectivity index (χ4n) is 2.90. The number of amides is 1. The van der Waals surface area contributed by atoms with Crippen LogP contribution in [0.2, 0.25) is 0 Å². The normalized spacial score (nSPS) is 20.3. The van der Waals surface area contributed by atoms with Crippen molar-refractivity contribution in [1.29, 1.82) is 0 Å². The third kappa shape index (κ3) is 3.75.